The Hall–Kier alpha value is -3.87. The van der Waals surface area contributed by atoms with Crippen LogP contribution >= 0.6 is 23.4 Å². The van der Waals surface area contributed by atoms with Crippen LogP contribution in [0.1, 0.15) is 16.7 Å². The summed E-state index contributed by atoms with van der Waals surface area (Å²) in [4.78, 5) is 19.0. The zero-order valence-electron chi connectivity index (χ0n) is 18.5. The lowest BCUT2D eigenvalue weighted by atomic mass is 10.1. The molecule has 3 aromatic carbocycles. The third-order valence-corrected chi connectivity index (χ3v) is 7.30. The van der Waals surface area contributed by atoms with E-state index in [9.17, 15) is 4.79 Å². The molecule has 1 aromatic heterocycles. The Bertz CT molecular complexity index is 1600. The number of thioether (sulfide) groups is 1. The monoisotopic (exact) mass is 494 g/mol. The Morgan fingerprint density at radius 1 is 0.971 bits per heavy atom. The van der Waals surface area contributed by atoms with E-state index in [1.54, 1.807) is 11.0 Å². The molecule has 1 amide bonds. The van der Waals surface area contributed by atoms with Gasteiger partial charge in [0, 0.05) is 39.6 Å². The van der Waals surface area contributed by atoms with Crippen LogP contribution in [0.2, 0.25) is 5.02 Å². The summed E-state index contributed by atoms with van der Waals surface area (Å²) >= 11 is 7.78. The van der Waals surface area contributed by atoms with Gasteiger partial charge in [-0.25, -0.2) is 0 Å². The van der Waals surface area contributed by atoms with Crippen molar-refractivity contribution in [3.8, 4) is 0 Å². The molecule has 3 heterocycles. The molecule has 0 radical (unpaired) electrons. The van der Waals surface area contributed by atoms with Crippen LogP contribution in [0.5, 0.6) is 0 Å². The van der Waals surface area contributed by atoms with Crippen LogP contribution in [0.15, 0.2) is 101 Å². The Morgan fingerprint density at radius 2 is 1.71 bits per heavy atom. The molecule has 0 saturated heterocycles. The first-order valence-corrected chi connectivity index (χ1v) is 12.3. The molecule has 0 unspecified atom stereocenters. The molecule has 0 atom stereocenters. The lowest BCUT2D eigenvalue weighted by molar-refractivity contribution is -0.114. The zero-order chi connectivity index (χ0) is 23.9. The maximum absolute atomic E-state index is 13.0. The number of halogens is 1. The molecule has 2 aliphatic heterocycles. The highest BCUT2D eigenvalue weighted by molar-refractivity contribution is 8.17. The number of aromatic nitrogens is 1. The number of fused-ring (bicyclic) bond motifs is 2. The molecular weight excluding hydrogens is 476 g/mol. The van der Waals surface area contributed by atoms with Crippen LogP contribution in [0.4, 0.5) is 0 Å². The summed E-state index contributed by atoms with van der Waals surface area (Å²) in [6, 6.07) is 25.7. The van der Waals surface area contributed by atoms with Crippen molar-refractivity contribution in [2.24, 2.45) is 4.99 Å². The van der Waals surface area contributed by atoms with Gasteiger partial charge in [0.1, 0.15) is 5.84 Å². The standard InChI is InChI=1S/C28H19ClN4OS/c29-23-12-6-4-10-19(23)15-32-16-20(21-11-5-7-13-24(21)32)14-22-26(30)33-25(18-8-2-1-3-9-18)17-35-28(33)31-27(22)34/h1-14,16-17,30H,15H2/b22-14-,30-26?. The summed E-state index contributed by atoms with van der Waals surface area (Å²) in [6.45, 7) is 0.598. The number of hydrogen-bond donors (Lipinski definition) is 1. The number of aliphatic imine (C=N–C) groups is 1. The van der Waals surface area contributed by atoms with E-state index in [4.69, 9.17) is 17.0 Å². The number of nitrogens with zero attached hydrogens (tertiary/aromatic N) is 3. The number of amidine groups is 2. The van der Waals surface area contributed by atoms with E-state index in [1.807, 2.05) is 90.5 Å². The maximum atomic E-state index is 13.0. The summed E-state index contributed by atoms with van der Waals surface area (Å²) in [6.07, 6.45) is 3.79. The van der Waals surface area contributed by atoms with Gasteiger partial charge in [-0.15, -0.1) is 0 Å². The van der Waals surface area contributed by atoms with E-state index in [2.05, 4.69) is 9.56 Å². The third-order valence-electron chi connectivity index (χ3n) is 6.10. The van der Waals surface area contributed by atoms with Gasteiger partial charge in [-0.3, -0.25) is 15.1 Å². The number of carbonyl (C=O) groups excluding carboxylic acids is 1. The largest absolute Gasteiger partial charge is 0.342 e. The predicted octanol–water partition coefficient (Wildman–Crippen LogP) is 6.65. The molecule has 170 valence electrons. The van der Waals surface area contributed by atoms with Gasteiger partial charge >= 0.3 is 0 Å². The molecule has 0 bridgehead atoms. The number of para-hydroxylation sites is 1. The molecule has 7 heteroatoms. The highest BCUT2D eigenvalue weighted by atomic mass is 35.5. The summed E-state index contributed by atoms with van der Waals surface area (Å²) < 4.78 is 2.12. The van der Waals surface area contributed by atoms with Gasteiger partial charge in [0.05, 0.1) is 11.3 Å². The summed E-state index contributed by atoms with van der Waals surface area (Å²) in [5.74, 6) is -0.276. The Morgan fingerprint density at radius 3 is 2.54 bits per heavy atom. The molecule has 0 aliphatic carbocycles. The first kappa shape index (κ1) is 21.6. The minimum atomic E-state index is -0.403. The Labute approximate surface area is 211 Å². The number of carbonyl (C=O) groups is 1. The smallest absolute Gasteiger partial charge is 0.283 e. The quantitative estimate of drug-likeness (QED) is 0.323. The molecular formula is C28H19ClN4OS. The van der Waals surface area contributed by atoms with Gasteiger partial charge < -0.3 is 4.57 Å². The van der Waals surface area contributed by atoms with E-state index >= 15 is 0 Å². The van der Waals surface area contributed by atoms with Crippen molar-refractivity contribution >= 4 is 62.9 Å². The number of hydrogen-bond acceptors (Lipinski definition) is 3. The lowest BCUT2D eigenvalue weighted by Crippen LogP contribution is -2.37. The average Bonchev–Trinajstić information content (AvgIpc) is 3.45. The topological polar surface area (TPSA) is 61.5 Å². The van der Waals surface area contributed by atoms with E-state index in [1.165, 1.54) is 11.8 Å². The molecule has 6 rings (SSSR count). The van der Waals surface area contributed by atoms with Gasteiger partial charge in [0.25, 0.3) is 5.91 Å². The van der Waals surface area contributed by atoms with Crippen molar-refractivity contribution in [2.75, 3.05) is 0 Å². The molecule has 0 saturated carbocycles. The van der Waals surface area contributed by atoms with Crippen LogP contribution in [-0.4, -0.2) is 26.4 Å². The van der Waals surface area contributed by atoms with Crippen molar-refractivity contribution < 1.29 is 4.79 Å². The predicted molar refractivity (Wildman–Crippen MR) is 144 cm³/mol. The Kier molecular flexibility index (Phi) is 5.40. The second-order valence-electron chi connectivity index (χ2n) is 8.25. The normalized spacial score (nSPS) is 16.6. The zero-order valence-corrected chi connectivity index (χ0v) is 20.1. The summed E-state index contributed by atoms with van der Waals surface area (Å²) in [5, 5.41) is 13.1. The third kappa shape index (κ3) is 3.81. The van der Waals surface area contributed by atoms with Crippen LogP contribution < -0.4 is 0 Å². The van der Waals surface area contributed by atoms with Crippen molar-refractivity contribution in [1.82, 2.24) is 9.47 Å². The molecule has 2 aliphatic rings. The minimum Gasteiger partial charge on any atom is -0.342 e. The van der Waals surface area contributed by atoms with E-state index in [0.29, 0.717) is 16.7 Å². The first-order chi connectivity index (χ1) is 17.1. The van der Waals surface area contributed by atoms with Gasteiger partial charge in [0.15, 0.2) is 5.17 Å². The van der Waals surface area contributed by atoms with E-state index in [-0.39, 0.29) is 11.4 Å². The van der Waals surface area contributed by atoms with Crippen LogP contribution in [0.25, 0.3) is 22.7 Å². The number of amides is 1. The highest BCUT2D eigenvalue weighted by Gasteiger charge is 2.36. The average molecular weight is 495 g/mol. The second-order valence-corrected chi connectivity index (χ2v) is 9.49. The van der Waals surface area contributed by atoms with E-state index < -0.39 is 5.91 Å². The number of benzene rings is 3. The molecule has 1 N–H and O–H groups in total. The molecule has 5 nitrogen and oxygen atoms in total. The van der Waals surface area contributed by atoms with Crippen molar-refractivity contribution in [3.05, 3.63) is 118 Å². The maximum Gasteiger partial charge on any atom is 0.283 e. The van der Waals surface area contributed by atoms with Gasteiger partial charge in [0.2, 0.25) is 0 Å². The second kappa shape index (κ2) is 8.73. The SMILES string of the molecule is N=C1/C(=C/c2cn(Cc3ccccc3Cl)c3ccccc23)C(=O)N=C2SC=C(c3ccccc3)N12. The molecule has 0 spiro atoms. The van der Waals surface area contributed by atoms with Crippen LogP contribution in [-0.2, 0) is 11.3 Å². The Balaban J connectivity index is 1.42. The van der Waals surface area contributed by atoms with Gasteiger partial charge in [-0.1, -0.05) is 90.1 Å². The fraction of sp³-hybridized carbons (Fsp3) is 0.0357. The molecule has 0 fully saturated rings. The fourth-order valence-corrected chi connectivity index (χ4v) is 5.49. The van der Waals surface area contributed by atoms with Crippen LogP contribution in [0.3, 0.4) is 0 Å². The number of rotatable bonds is 4. The summed E-state index contributed by atoms with van der Waals surface area (Å²) in [7, 11) is 0. The van der Waals surface area contributed by atoms with Crippen LogP contribution in [0, 0.1) is 5.41 Å². The fourth-order valence-electron chi connectivity index (χ4n) is 4.40. The molecule has 4 aromatic rings. The van der Waals surface area contributed by atoms with Crippen molar-refractivity contribution in [3.63, 3.8) is 0 Å². The highest BCUT2D eigenvalue weighted by Crippen LogP contribution is 2.37. The van der Waals surface area contributed by atoms with Gasteiger partial charge in [-0.05, 0) is 29.3 Å². The summed E-state index contributed by atoms with van der Waals surface area (Å²) in [5.41, 5.74) is 4.98. The molecule has 35 heavy (non-hydrogen) atoms. The van der Waals surface area contributed by atoms with Gasteiger partial charge in [-0.2, -0.15) is 4.99 Å². The lowest BCUT2D eigenvalue weighted by Gasteiger charge is -2.26. The van der Waals surface area contributed by atoms with Crippen molar-refractivity contribution in [2.45, 2.75) is 6.54 Å². The van der Waals surface area contributed by atoms with E-state index in [0.717, 1.165) is 33.3 Å². The first-order valence-electron chi connectivity index (χ1n) is 11.1. The number of nitrogens with one attached hydrogen (secondary N) is 1. The van der Waals surface area contributed by atoms with Crippen molar-refractivity contribution in [1.29, 1.82) is 5.41 Å². The minimum absolute atomic E-state index is 0.128.